The van der Waals surface area contributed by atoms with E-state index in [1.807, 2.05) is 54.8 Å². The van der Waals surface area contributed by atoms with Gasteiger partial charge in [0.25, 0.3) is 0 Å². The summed E-state index contributed by atoms with van der Waals surface area (Å²) in [6.45, 7) is 2.75. The average Bonchev–Trinajstić information content (AvgIpc) is 3.26. The minimum absolute atomic E-state index is 0.0239. The molecule has 0 amide bonds. The summed E-state index contributed by atoms with van der Waals surface area (Å²) >= 11 is 1.43. The molecule has 10 heteroatoms. The molecule has 3 aromatic rings. The van der Waals surface area contributed by atoms with E-state index >= 15 is 0 Å². The number of aromatic nitrogens is 5. The van der Waals surface area contributed by atoms with E-state index in [-0.39, 0.29) is 5.69 Å². The minimum atomic E-state index is -0.460. The van der Waals surface area contributed by atoms with Crippen LogP contribution in [0.1, 0.15) is 6.92 Å². The highest BCUT2D eigenvalue weighted by Gasteiger charge is 2.15. The monoisotopic (exact) mass is 373 g/mol. The summed E-state index contributed by atoms with van der Waals surface area (Å²) in [5.41, 5.74) is 2.09. The predicted octanol–water partition coefficient (Wildman–Crippen LogP) is 2.89. The highest BCUT2D eigenvalue weighted by Crippen LogP contribution is 2.26. The molecular weight excluding hydrogens is 354 g/mol. The van der Waals surface area contributed by atoms with Crippen LogP contribution in [0, 0.1) is 10.1 Å². The van der Waals surface area contributed by atoms with Gasteiger partial charge in [0.2, 0.25) is 0 Å². The van der Waals surface area contributed by atoms with Crippen LogP contribution >= 0.6 is 11.8 Å². The molecule has 0 radical (unpaired) electrons. The van der Waals surface area contributed by atoms with Gasteiger partial charge in [0, 0.05) is 31.9 Å². The molecule has 2 heterocycles. The maximum atomic E-state index is 10.7. The third kappa shape index (κ3) is 3.69. The van der Waals surface area contributed by atoms with Crippen LogP contribution in [0.2, 0.25) is 0 Å². The van der Waals surface area contributed by atoms with Crippen molar-refractivity contribution >= 4 is 23.1 Å². The Labute approximate surface area is 154 Å². The summed E-state index contributed by atoms with van der Waals surface area (Å²) < 4.78 is 3.54. The quantitative estimate of drug-likeness (QED) is 0.357. The van der Waals surface area contributed by atoms with E-state index in [4.69, 9.17) is 0 Å². The van der Waals surface area contributed by atoms with Crippen molar-refractivity contribution in [2.45, 2.75) is 24.5 Å². The number of hydrogen-bond acceptors (Lipinski definition) is 7. The number of rotatable bonds is 7. The molecule has 0 atom stereocenters. The van der Waals surface area contributed by atoms with Gasteiger partial charge in [0.1, 0.15) is 12.4 Å². The summed E-state index contributed by atoms with van der Waals surface area (Å²) in [6, 6.07) is 8.13. The molecule has 0 spiro atoms. The number of anilines is 1. The second-order valence-corrected chi connectivity index (χ2v) is 6.67. The zero-order valence-electron chi connectivity index (χ0n) is 14.7. The summed E-state index contributed by atoms with van der Waals surface area (Å²) in [7, 11) is 4.00. The van der Waals surface area contributed by atoms with E-state index < -0.39 is 4.92 Å². The van der Waals surface area contributed by atoms with Crippen LogP contribution in [-0.2, 0) is 12.4 Å². The Morgan fingerprint density at radius 1 is 1.23 bits per heavy atom. The van der Waals surface area contributed by atoms with Gasteiger partial charge in [-0.15, -0.1) is 10.2 Å². The first kappa shape index (κ1) is 17.9. The summed E-state index contributed by atoms with van der Waals surface area (Å²) in [5, 5.41) is 24.1. The molecule has 1 aromatic carbocycles. The van der Waals surface area contributed by atoms with Crippen molar-refractivity contribution in [3.8, 4) is 11.4 Å². The highest BCUT2D eigenvalue weighted by atomic mass is 32.2. The molecule has 2 aromatic heterocycles. The zero-order chi connectivity index (χ0) is 18.7. The first-order valence-electron chi connectivity index (χ1n) is 8.00. The van der Waals surface area contributed by atoms with Crippen LogP contribution in [0.4, 0.5) is 11.4 Å². The van der Waals surface area contributed by atoms with Gasteiger partial charge in [0.15, 0.2) is 11.0 Å². The van der Waals surface area contributed by atoms with Gasteiger partial charge in [-0.25, -0.2) is 0 Å². The van der Waals surface area contributed by atoms with E-state index in [0.717, 1.165) is 28.8 Å². The van der Waals surface area contributed by atoms with Gasteiger partial charge in [-0.1, -0.05) is 11.8 Å². The maximum absolute atomic E-state index is 10.7. The Hall–Kier alpha value is -2.88. The van der Waals surface area contributed by atoms with Crippen LogP contribution in [0.3, 0.4) is 0 Å². The van der Waals surface area contributed by atoms with Crippen molar-refractivity contribution in [2.24, 2.45) is 0 Å². The van der Waals surface area contributed by atoms with Crippen molar-refractivity contribution < 1.29 is 4.92 Å². The molecule has 0 bridgehead atoms. The zero-order valence-corrected chi connectivity index (χ0v) is 15.6. The number of hydrogen-bond donors (Lipinski definition) is 0. The number of thioether (sulfide) groups is 1. The standard InChI is InChI=1S/C16H19N7O2S/c1-4-22-15(12-5-7-13(8-6-12)20(2)3)18-19-16(22)26-11-21-10-14(9-17-21)23(24)25/h5-10H,4,11H2,1-3H3. The molecule has 0 N–H and O–H groups in total. The number of nitro groups is 1. The summed E-state index contributed by atoms with van der Waals surface area (Å²) in [4.78, 5) is 12.3. The van der Waals surface area contributed by atoms with Crippen LogP contribution in [0.25, 0.3) is 11.4 Å². The first-order valence-corrected chi connectivity index (χ1v) is 8.98. The topological polar surface area (TPSA) is 94.9 Å². The highest BCUT2D eigenvalue weighted by molar-refractivity contribution is 7.98. The van der Waals surface area contributed by atoms with Crippen LogP contribution < -0.4 is 4.90 Å². The van der Waals surface area contributed by atoms with Crippen molar-refractivity contribution in [1.82, 2.24) is 24.5 Å². The number of benzene rings is 1. The molecule has 0 aliphatic carbocycles. The van der Waals surface area contributed by atoms with Crippen LogP contribution in [0.5, 0.6) is 0 Å². The second-order valence-electron chi connectivity index (χ2n) is 5.76. The second kappa shape index (κ2) is 7.56. The molecule has 3 rings (SSSR count). The maximum Gasteiger partial charge on any atom is 0.307 e. The Kier molecular flexibility index (Phi) is 5.21. The molecule has 0 aliphatic heterocycles. The van der Waals surface area contributed by atoms with Gasteiger partial charge in [-0.3, -0.25) is 14.8 Å². The van der Waals surface area contributed by atoms with Crippen molar-refractivity contribution in [2.75, 3.05) is 19.0 Å². The SMILES string of the molecule is CCn1c(SCn2cc([N+](=O)[O-])cn2)nnc1-c1ccc(N(C)C)cc1. The lowest BCUT2D eigenvalue weighted by Crippen LogP contribution is -2.08. The fourth-order valence-electron chi connectivity index (χ4n) is 2.44. The average molecular weight is 373 g/mol. The number of nitrogens with zero attached hydrogens (tertiary/aromatic N) is 7. The lowest BCUT2D eigenvalue weighted by atomic mass is 10.2. The van der Waals surface area contributed by atoms with Crippen molar-refractivity contribution in [3.05, 3.63) is 46.8 Å². The van der Waals surface area contributed by atoms with Gasteiger partial charge < -0.3 is 9.47 Å². The third-order valence-electron chi connectivity index (χ3n) is 3.83. The molecule has 0 unspecified atom stereocenters. The van der Waals surface area contributed by atoms with E-state index in [1.54, 1.807) is 0 Å². The largest absolute Gasteiger partial charge is 0.378 e. The van der Waals surface area contributed by atoms with Gasteiger partial charge in [-0.2, -0.15) is 5.10 Å². The lowest BCUT2D eigenvalue weighted by Gasteiger charge is -2.13. The summed E-state index contributed by atoms with van der Waals surface area (Å²) in [6.07, 6.45) is 2.64. The smallest absolute Gasteiger partial charge is 0.307 e. The third-order valence-corrected chi connectivity index (χ3v) is 4.79. The Morgan fingerprint density at radius 3 is 2.54 bits per heavy atom. The summed E-state index contributed by atoms with van der Waals surface area (Å²) in [5.74, 6) is 1.22. The molecule has 0 fully saturated rings. The molecule has 136 valence electrons. The van der Waals surface area contributed by atoms with E-state index in [2.05, 4.69) is 15.3 Å². The Balaban J connectivity index is 1.78. The Bertz CT molecular complexity index is 902. The Morgan fingerprint density at radius 2 is 1.96 bits per heavy atom. The molecule has 9 nitrogen and oxygen atoms in total. The molecule has 0 saturated carbocycles. The van der Waals surface area contributed by atoms with Crippen molar-refractivity contribution in [3.63, 3.8) is 0 Å². The fourth-order valence-corrected chi connectivity index (χ4v) is 3.30. The molecule has 0 saturated heterocycles. The normalized spacial score (nSPS) is 10.9. The molecular formula is C16H19N7O2S. The lowest BCUT2D eigenvalue weighted by molar-refractivity contribution is -0.385. The molecule has 0 aliphatic rings. The van der Waals surface area contributed by atoms with Crippen molar-refractivity contribution in [1.29, 1.82) is 0 Å². The van der Waals surface area contributed by atoms with E-state index in [0.29, 0.717) is 5.88 Å². The van der Waals surface area contributed by atoms with Gasteiger partial charge in [-0.05, 0) is 31.2 Å². The fraction of sp³-hybridized carbons (Fsp3) is 0.312. The van der Waals surface area contributed by atoms with Crippen LogP contribution in [0.15, 0.2) is 41.8 Å². The first-order chi connectivity index (χ1) is 12.5. The van der Waals surface area contributed by atoms with Gasteiger partial charge in [0.05, 0.1) is 10.8 Å². The van der Waals surface area contributed by atoms with E-state index in [9.17, 15) is 10.1 Å². The predicted molar refractivity (Wildman–Crippen MR) is 100 cm³/mol. The minimum Gasteiger partial charge on any atom is -0.378 e. The molecule has 26 heavy (non-hydrogen) atoms. The van der Waals surface area contributed by atoms with E-state index in [1.165, 1.54) is 28.8 Å². The van der Waals surface area contributed by atoms with Gasteiger partial charge >= 0.3 is 5.69 Å². The van der Waals surface area contributed by atoms with Crippen LogP contribution in [-0.4, -0.2) is 43.6 Å².